The molecule has 1 aromatic heterocycles. The lowest BCUT2D eigenvalue weighted by molar-refractivity contribution is -0.119. The molecular formula is C12H16N4O3. The van der Waals surface area contributed by atoms with Crippen LogP contribution in [0.5, 0.6) is 0 Å². The molecule has 3 N–H and O–H groups in total. The fourth-order valence-electron chi connectivity index (χ4n) is 1.92. The third-order valence-electron chi connectivity index (χ3n) is 2.91. The Kier molecular flexibility index (Phi) is 3.84. The fourth-order valence-corrected chi connectivity index (χ4v) is 1.92. The van der Waals surface area contributed by atoms with Gasteiger partial charge in [0.25, 0.3) is 0 Å². The standard InChI is InChI=1S/C12H16N4O3/c1-19-12(18)8-5-10(15-6-9(8)13)16-4-2-3-14-11(17)7-16/h5-6H,2-4,7,13H2,1H3,(H,14,17). The van der Waals surface area contributed by atoms with Crippen molar-refractivity contribution < 1.29 is 14.3 Å². The number of carbonyl (C=O) groups excluding carboxylic acids is 2. The van der Waals surface area contributed by atoms with E-state index in [-0.39, 0.29) is 23.7 Å². The van der Waals surface area contributed by atoms with Crippen LogP contribution < -0.4 is 16.0 Å². The summed E-state index contributed by atoms with van der Waals surface area (Å²) >= 11 is 0. The number of nitrogens with zero attached hydrogens (tertiary/aromatic N) is 2. The van der Waals surface area contributed by atoms with E-state index in [2.05, 4.69) is 15.0 Å². The van der Waals surface area contributed by atoms with Crippen molar-refractivity contribution in [2.45, 2.75) is 6.42 Å². The Hall–Kier alpha value is -2.31. The molecule has 1 aliphatic heterocycles. The van der Waals surface area contributed by atoms with E-state index >= 15 is 0 Å². The van der Waals surface area contributed by atoms with Crippen LogP contribution in [0, 0.1) is 0 Å². The second-order valence-electron chi connectivity index (χ2n) is 4.25. The molecule has 0 atom stereocenters. The van der Waals surface area contributed by atoms with E-state index < -0.39 is 5.97 Å². The Morgan fingerprint density at radius 3 is 3.11 bits per heavy atom. The molecule has 0 saturated carbocycles. The van der Waals surface area contributed by atoms with E-state index in [0.717, 1.165) is 6.42 Å². The molecule has 0 radical (unpaired) electrons. The van der Waals surface area contributed by atoms with Crippen molar-refractivity contribution in [1.29, 1.82) is 0 Å². The van der Waals surface area contributed by atoms with Crippen LogP contribution in [-0.2, 0) is 9.53 Å². The van der Waals surface area contributed by atoms with Crippen LogP contribution in [0.3, 0.4) is 0 Å². The summed E-state index contributed by atoms with van der Waals surface area (Å²) < 4.78 is 4.66. The van der Waals surface area contributed by atoms with Gasteiger partial charge in [0.2, 0.25) is 5.91 Å². The minimum atomic E-state index is -0.513. The van der Waals surface area contributed by atoms with Gasteiger partial charge in [-0.15, -0.1) is 0 Å². The summed E-state index contributed by atoms with van der Waals surface area (Å²) in [4.78, 5) is 29.1. The quantitative estimate of drug-likeness (QED) is 0.716. The molecule has 19 heavy (non-hydrogen) atoms. The predicted octanol–water partition coefficient (Wildman–Crippen LogP) is -0.223. The number of ether oxygens (including phenoxy) is 1. The second-order valence-corrected chi connectivity index (χ2v) is 4.25. The lowest BCUT2D eigenvalue weighted by atomic mass is 10.2. The normalized spacial score (nSPS) is 15.6. The van der Waals surface area contributed by atoms with Gasteiger partial charge in [0.1, 0.15) is 5.82 Å². The Morgan fingerprint density at radius 2 is 2.37 bits per heavy atom. The van der Waals surface area contributed by atoms with Gasteiger partial charge in [-0.25, -0.2) is 9.78 Å². The van der Waals surface area contributed by atoms with Crippen molar-refractivity contribution in [3.05, 3.63) is 17.8 Å². The number of aromatic nitrogens is 1. The minimum Gasteiger partial charge on any atom is -0.465 e. The van der Waals surface area contributed by atoms with E-state index in [4.69, 9.17) is 5.73 Å². The number of carbonyl (C=O) groups is 2. The third-order valence-corrected chi connectivity index (χ3v) is 2.91. The summed E-state index contributed by atoms with van der Waals surface area (Å²) in [6, 6.07) is 1.56. The van der Waals surface area contributed by atoms with Gasteiger partial charge in [0.05, 0.1) is 31.1 Å². The van der Waals surface area contributed by atoms with Gasteiger partial charge >= 0.3 is 5.97 Å². The van der Waals surface area contributed by atoms with Crippen LogP contribution in [0.2, 0.25) is 0 Å². The maximum atomic E-state index is 11.6. The topological polar surface area (TPSA) is 97.5 Å². The molecule has 2 rings (SSSR count). The molecule has 1 fully saturated rings. The summed E-state index contributed by atoms with van der Waals surface area (Å²) in [5.74, 6) is -0.0252. The molecule has 1 aromatic rings. The zero-order valence-electron chi connectivity index (χ0n) is 10.7. The zero-order valence-corrected chi connectivity index (χ0v) is 10.7. The van der Waals surface area contributed by atoms with E-state index in [1.165, 1.54) is 13.3 Å². The van der Waals surface area contributed by atoms with Crippen molar-refractivity contribution in [2.75, 3.05) is 37.4 Å². The Labute approximate surface area is 110 Å². The highest BCUT2D eigenvalue weighted by molar-refractivity contribution is 5.95. The first-order valence-electron chi connectivity index (χ1n) is 5.97. The van der Waals surface area contributed by atoms with Crippen molar-refractivity contribution in [3.63, 3.8) is 0 Å². The maximum absolute atomic E-state index is 11.6. The van der Waals surface area contributed by atoms with Crippen LogP contribution in [0.25, 0.3) is 0 Å². The molecule has 7 nitrogen and oxygen atoms in total. The number of hydrogen-bond acceptors (Lipinski definition) is 6. The Morgan fingerprint density at radius 1 is 1.58 bits per heavy atom. The highest BCUT2D eigenvalue weighted by Crippen LogP contribution is 2.19. The minimum absolute atomic E-state index is 0.0595. The molecule has 0 aliphatic carbocycles. The van der Waals surface area contributed by atoms with Crippen molar-refractivity contribution in [3.8, 4) is 0 Å². The highest BCUT2D eigenvalue weighted by atomic mass is 16.5. The fraction of sp³-hybridized carbons (Fsp3) is 0.417. The molecule has 7 heteroatoms. The first-order chi connectivity index (χ1) is 9.11. The van der Waals surface area contributed by atoms with Crippen molar-refractivity contribution in [2.24, 2.45) is 0 Å². The smallest absolute Gasteiger partial charge is 0.340 e. The molecule has 102 valence electrons. The number of nitrogens with one attached hydrogen (secondary N) is 1. The van der Waals surface area contributed by atoms with Gasteiger partial charge in [0, 0.05) is 13.1 Å². The first kappa shape index (κ1) is 13.1. The lowest BCUT2D eigenvalue weighted by Gasteiger charge is -2.20. The molecule has 0 unspecified atom stereocenters. The molecule has 1 aliphatic rings. The predicted molar refractivity (Wildman–Crippen MR) is 69.8 cm³/mol. The van der Waals surface area contributed by atoms with Crippen molar-refractivity contribution >= 4 is 23.4 Å². The van der Waals surface area contributed by atoms with Gasteiger partial charge in [-0.05, 0) is 12.5 Å². The van der Waals surface area contributed by atoms with Crippen LogP contribution in [-0.4, -0.2) is 43.6 Å². The van der Waals surface area contributed by atoms with Gasteiger partial charge in [0.15, 0.2) is 0 Å². The number of nitrogen functional groups attached to an aromatic ring is 1. The Bertz CT molecular complexity index is 504. The summed E-state index contributed by atoms with van der Waals surface area (Å²) in [5.41, 5.74) is 6.21. The number of amides is 1. The summed E-state index contributed by atoms with van der Waals surface area (Å²) in [6.07, 6.45) is 2.23. The van der Waals surface area contributed by atoms with E-state index in [1.54, 1.807) is 6.07 Å². The molecule has 0 aromatic carbocycles. The SMILES string of the molecule is COC(=O)c1cc(N2CCCNC(=O)C2)ncc1N. The van der Waals surface area contributed by atoms with Gasteiger partial charge in [-0.1, -0.05) is 0 Å². The Balaban J connectivity index is 2.29. The molecular weight excluding hydrogens is 248 g/mol. The maximum Gasteiger partial charge on any atom is 0.340 e. The van der Waals surface area contributed by atoms with Gasteiger partial charge < -0.3 is 20.7 Å². The molecule has 0 spiro atoms. The van der Waals surface area contributed by atoms with Crippen molar-refractivity contribution in [1.82, 2.24) is 10.3 Å². The average molecular weight is 264 g/mol. The zero-order chi connectivity index (χ0) is 13.8. The first-order valence-corrected chi connectivity index (χ1v) is 5.97. The number of rotatable bonds is 2. The van der Waals surface area contributed by atoms with Gasteiger partial charge in [-0.2, -0.15) is 0 Å². The summed E-state index contributed by atoms with van der Waals surface area (Å²) in [5, 5.41) is 2.78. The number of anilines is 2. The largest absolute Gasteiger partial charge is 0.465 e. The van der Waals surface area contributed by atoms with E-state index in [0.29, 0.717) is 18.9 Å². The second kappa shape index (κ2) is 5.55. The number of methoxy groups -OCH3 is 1. The molecule has 2 heterocycles. The van der Waals surface area contributed by atoms with Gasteiger partial charge in [-0.3, -0.25) is 4.79 Å². The summed E-state index contributed by atoms with van der Waals surface area (Å²) in [6.45, 7) is 1.56. The van der Waals surface area contributed by atoms with Crippen LogP contribution in [0.4, 0.5) is 11.5 Å². The third kappa shape index (κ3) is 2.93. The summed E-state index contributed by atoms with van der Waals surface area (Å²) in [7, 11) is 1.29. The number of nitrogens with two attached hydrogens (primary N) is 1. The number of pyridine rings is 1. The highest BCUT2D eigenvalue weighted by Gasteiger charge is 2.19. The van der Waals surface area contributed by atoms with E-state index in [9.17, 15) is 9.59 Å². The average Bonchev–Trinajstić information content (AvgIpc) is 2.63. The van der Waals surface area contributed by atoms with Crippen LogP contribution in [0.15, 0.2) is 12.3 Å². The van der Waals surface area contributed by atoms with Crippen LogP contribution in [0.1, 0.15) is 16.8 Å². The molecule has 1 amide bonds. The monoisotopic (exact) mass is 264 g/mol. The molecule has 0 bridgehead atoms. The van der Waals surface area contributed by atoms with E-state index in [1.807, 2.05) is 4.90 Å². The van der Waals surface area contributed by atoms with Crippen LogP contribution >= 0.6 is 0 Å². The number of esters is 1. The number of hydrogen-bond donors (Lipinski definition) is 2. The molecule has 1 saturated heterocycles. The lowest BCUT2D eigenvalue weighted by Crippen LogP contribution is -2.33.